The monoisotopic (exact) mass is 330 g/mol. The third kappa shape index (κ3) is 2.12. The van der Waals surface area contributed by atoms with Crippen LogP contribution in [0.5, 0.6) is 0 Å². The van der Waals surface area contributed by atoms with E-state index in [2.05, 4.69) is 20.4 Å². The molecule has 4 aliphatic rings. The van der Waals surface area contributed by atoms with E-state index in [0.717, 1.165) is 31.3 Å². The Morgan fingerprint density at radius 3 is 2.50 bits per heavy atom. The fourth-order valence-corrected chi connectivity index (χ4v) is 4.52. The van der Waals surface area contributed by atoms with E-state index in [4.69, 9.17) is 9.47 Å². The first-order valence-corrected chi connectivity index (χ1v) is 8.96. The quantitative estimate of drug-likeness (QED) is 0.640. The smallest absolute Gasteiger partial charge is 0.194 e. The summed E-state index contributed by atoms with van der Waals surface area (Å²) in [6, 6.07) is 0. The molecule has 0 N–H and O–H groups in total. The molecule has 4 rings (SSSR count). The molecule has 2 aliphatic carbocycles. The first-order chi connectivity index (χ1) is 11.1. The lowest BCUT2D eigenvalue weighted by atomic mass is 9.61. The van der Waals surface area contributed by atoms with Crippen LogP contribution < -0.4 is 0 Å². The number of Topliss-reactive ketones (excluding diaryl/α,β-unsaturated/α-hetero) is 1. The summed E-state index contributed by atoms with van der Waals surface area (Å²) in [7, 11) is 0. The Bertz CT molecular complexity index is 692. The molecule has 24 heavy (non-hydrogen) atoms. The van der Waals surface area contributed by atoms with Gasteiger partial charge in [-0.15, -0.1) is 0 Å². The molecule has 0 amide bonds. The summed E-state index contributed by atoms with van der Waals surface area (Å²) in [4.78, 5) is 25.5. The Morgan fingerprint density at radius 1 is 1.08 bits per heavy atom. The lowest BCUT2D eigenvalue weighted by Gasteiger charge is -2.41. The van der Waals surface area contributed by atoms with Crippen molar-refractivity contribution in [3.8, 4) is 0 Å². The number of hydrogen-bond acceptors (Lipinski definition) is 4. The van der Waals surface area contributed by atoms with E-state index in [9.17, 15) is 9.59 Å². The van der Waals surface area contributed by atoms with Crippen molar-refractivity contribution in [3.63, 3.8) is 0 Å². The number of rotatable bonds is 0. The Hall–Kier alpha value is -1.26. The molecule has 2 saturated heterocycles. The summed E-state index contributed by atoms with van der Waals surface area (Å²) < 4.78 is 11.7. The van der Waals surface area contributed by atoms with Gasteiger partial charge in [0, 0.05) is 16.9 Å². The van der Waals surface area contributed by atoms with Crippen molar-refractivity contribution in [3.05, 3.63) is 23.8 Å². The van der Waals surface area contributed by atoms with Gasteiger partial charge in [-0.05, 0) is 51.2 Å². The average Bonchev–Trinajstić information content (AvgIpc) is 3.40. The van der Waals surface area contributed by atoms with Crippen LogP contribution in [0.1, 0.15) is 53.4 Å². The highest BCUT2D eigenvalue weighted by Crippen LogP contribution is 2.54. The van der Waals surface area contributed by atoms with Crippen molar-refractivity contribution in [2.45, 2.75) is 76.8 Å². The van der Waals surface area contributed by atoms with Gasteiger partial charge in [-0.25, -0.2) is 0 Å². The maximum Gasteiger partial charge on any atom is 0.194 e. The van der Waals surface area contributed by atoms with Crippen LogP contribution in [-0.2, 0) is 19.1 Å². The Kier molecular flexibility index (Phi) is 3.16. The van der Waals surface area contributed by atoms with Crippen LogP contribution in [0.25, 0.3) is 0 Å². The van der Waals surface area contributed by atoms with Gasteiger partial charge in [-0.1, -0.05) is 20.4 Å². The zero-order valence-electron chi connectivity index (χ0n) is 15.0. The van der Waals surface area contributed by atoms with Gasteiger partial charge in [0.2, 0.25) is 0 Å². The molecular weight excluding hydrogens is 304 g/mol. The number of carbonyl (C=O) groups is 2. The molecular formula is C20H26O4. The van der Waals surface area contributed by atoms with Crippen molar-refractivity contribution < 1.29 is 19.1 Å². The number of epoxide rings is 2. The first kappa shape index (κ1) is 16.2. The molecule has 0 aromatic carbocycles. The van der Waals surface area contributed by atoms with E-state index in [1.54, 1.807) is 0 Å². The van der Waals surface area contributed by atoms with E-state index in [1.165, 1.54) is 6.08 Å². The van der Waals surface area contributed by atoms with E-state index >= 15 is 0 Å². The van der Waals surface area contributed by atoms with Gasteiger partial charge in [-0.2, -0.15) is 0 Å². The maximum atomic E-state index is 12.9. The normalized spacial score (nSPS) is 50.9. The van der Waals surface area contributed by atoms with Crippen LogP contribution in [0.3, 0.4) is 0 Å². The van der Waals surface area contributed by atoms with Gasteiger partial charge in [0.15, 0.2) is 11.6 Å². The van der Waals surface area contributed by atoms with Crippen LogP contribution in [0, 0.1) is 11.3 Å². The minimum atomic E-state index is -0.449. The fraction of sp³-hybridized carbons (Fsp3) is 0.700. The molecule has 2 aliphatic heterocycles. The maximum absolute atomic E-state index is 12.9. The molecule has 2 heterocycles. The lowest BCUT2D eigenvalue weighted by Crippen LogP contribution is -2.40. The SMILES string of the molecule is C=C1C2=CC(=O)C(C)C1(C)CCC1(C)OC1CCC1(C)OC1C2=O. The van der Waals surface area contributed by atoms with Gasteiger partial charge < -0.3 is 9.47 Å². The van der Waals surface area contributed by atoms with E-state index < -0.39 is 17.1 Å². The number of fused-ring (bicyclic) bond motifs is 4. The minimum Gasteiger partial charge on any atom is -0.366 e. The van der Waals surface area contributed by atoms with Crippen LogP contribution >= 0.6 is 0 Å². The average molecular weight is 330 g/mol. The molecule has 6 atom stereocenters. The Morgan fingerprint density at radius 2 is 1.79 bits per heavy atom. The molecule has 130 valence electrons. The largest absolute Gasteiger partial charge is 0.366 e. The van der Waals surface area contributed by atoms with Crippen molar-refractivity contribution in [1.82, 2.24) is 0 Å². The van der Waals surface area contributed by atoms with Crippen LogP contribution in [0.2, 0.25) is 0 Å². The van der Waals surface area contributed by atoms with E-state index in [1.807, 2.05) is 13.8 Å². The van der Waals surface area contributed by atoms with Gasteiger partial charge in [0.05, 0.1) is 11.7 Å². The lowest BCUT2D eigenvalue weighted by molar-refractivity contribution is -0.123. The van der Waals surface area contributed by atoms with Gasteiger partial charge in [0.1, 0.15) is 11.7 Å². The second-order valence-corrected chi connectivity index (χ2v) is 8.71. The summed E-state index contributed by atoms with van der Waals surface area (Å²) in [6.07, 6.45) is 4.70. The van der Waals surface area contributed by atoms with Gasteiger partial charge in [0.25, 0.3) is 0 Å². The van der Waals surface area contributed by atoms with Gasteiger partial charge >= 0.3 is 0 Å². The van der Waals surface area contributed by atoms with Crippen LogP contribution in [-0.4, -0.2) is 35.0 Å². The highest BCUT2D eigenvalue weighted by Gasteiger charge is 2.61. The zero-order valence-corrected chi connectivity index (χ0v) is 15.0. The van der Waals surface area contributed by atoms with Crippen molar-refractivity contribution in [2.75, 3.05) is 0 Å². The molecule has 4 nitrogen and oxygen atoms in total. The second-order valence-electron chi connectivity index (χ2n) is 8.71. The molecule has 4 heteroatoms. The summed E-state index contributed by atoms with van der Waals surface area (Å²) >= 11 is 0. The topological polar surface area (TPSA) is 59.2 Å². The van der Waals surface area contributed by atoms with E-state index in [-0.39, 0.29) is 29.2 Å². The predicted molar refractivity (Wildman–Crippen MR) is 89.5 cm³/mol. The fourth-order valence-electron chi connectivity index (χ4n) is 4.52. The molecule has 0 aromatic rings. The number of ether oxygens (including phenoxy) is 2. The van der Waals surface area contributed by atoms with Crippen molar-refractivity contribution >= 4 is 11.6 Å². The van der Waals surface area contributed by atoms with Crippen LogP contribution in [0.15, 0.2) is 23.8 Å². The van der Waals surface area contributed by atoms with E-state index in [0.29, 0.717) is 5.57 Å². The second kappa shape index (κ2) is 4.67. The van der Waals surface area contributed by atoms with Gasteiger partial charge in [-0.3, -0.25) is 9.59 Å². The molecule has 2 bridgehead atoms. The minimum absolute atomic E-state index is 0.0195. The standard InChI is InChI=1S/C20H26O4/c1-11-13-10-14(21)12(2)18(11,3)8-9-19(4)15(23-19)6-7-20(5)17(24-20)16(13)22/h10,12,15,17H,1,6-9H2,2-5H3. The molecule has 6 unspecified atom stereocenters. The molecule has 0 spiro atoms. The third-order valence-electron chi connectivity index (χ3n) is 7.15. The van der Waals surface area contributed by atoms with Crippen LogP contribution in [0.4, 0.5) is 0 Å². The Balaban J connectivity index is 1.74. The molecule has 0 radical (unpaired) electrons. The predicted octanol–water partition coefficient (Wildman–Crippen LogP) is 3.15. The highest BCUT2D eigenvalue weighted by molar-refractivity contribution is 6.11. The first-order valence-electron chi connectivity index (χ1n) is 8.96. The number of hydrogen-bond donors (Lipinski definition) is 0. The van der Waals surface area contributed by atoms with Crippen molar-refractivity contribution in [1.29, 1.82) is 0 Å². The summed E-state index contributed by atoms with van der Waals surface area (Å²) in [5.74, 6) is -0.225. The highest BCUT2D eigenvalue weighted by atomic mass is 16.6. The summed E-state index contributed by atoms with van der Waals surface area (Å²) in [5, 5.41) is 0. The molecule has 0 aromatic heterocycles. The third-order valence-corrected chi connectivity index (χ3v) is 7.15. The molecule has 3 fully saturated rings. The molecule has 1 saturated carbocycles. The summed E-state index contributed by atoms with van der Waals surface area (Å²) in [5.41, 5.74) is 0.331. The number of allylic oxidation sites excluding steroid dienone is 2. The zero-order chi connectivity index (χ0) is 17.5. The Labute approximate surface area is 143 Å². The van der Waals surface area contributed by atoms with Crippen molar-refractivity contribution in [2.24, 2.45) is 11.3 Å². The number of carbonyl (C=O) groups excluding carboxylic acids is 2. The number of ketones is 2. The summed E-state index contributed by atoms with van der Waals surface area (Å²) in [6.45, 7) is 12.4.